The molecule has 1 aromatic carbocycles. The smallest absolute Gasteiger partial charge is 0.339 e. The van der Waals surface area contributed by atoms with Gasteiger partial charge in [0.1, 0.15) is 5.84 Å². The molecule has 1 amide bonds. The molecular weight excluding hydrogens is 378 g/mol. The fourth-order valence-corrected chi connectivity index (χ4v) is 3.11. The maximum atomic E-state index is 12.9. The molecule has 6 nitrogen and oxygen atoms in total. The van der Waals surface area contributed by atoms with Crippen molar-refractivity contribution >= 4 is 23.3 Å². The molecule has 1 aliphatic heterocycles. The minimum absolute atomic E-state index is 0.0644. The van der Waals surface area contributed by atoms with E-state index in [-0.39, 0.29) is 17.3 Å². The zero-order valence-electron chi connectivity index (χ0n) is 17.7. The number of rotatable bonds is 6. The van der Waals surface area contributed by atoms with Crippen LogP contribution in [0, 0.1) is 0 Å². The number of aliphatic imine (C=N–C) groups is 1. The lowest BCUT2D eigenvalue weighted by molar-refractivity contribution is -0.132. The quantitative estimate of drug-likeness (QED) is 0.424. The van der Waals surface area contributed by atoms with Crippen LogP contribution in [-0.4, -0.2) is 33.8 Å². The Morgan fingerprint density at radius 1 is 1.27 bits per heavy atom. The van der Waals surface area contributed by atoms with Gasteiger partial charge in [-0.25, -0.2) is 4.79 Å². The Hall–Kier alpha value is -3.67. The minimum Gasteiger partial charge on any atom is -0.478 e. The first kappa shape index (κ1) is 22.6. The number of amidine groups is 1. The Balaban J connectivity index is 2.30. The first-order valence-corrected chi connectivity index (χ1v) is 9.55. The van der Waals surface area contributed by atoms with E-state index in [4.69, 9.17) is 5.73 Å². The van der Waals surface area contributed by atoms with Crippen LogP contribution in [-0.2, 0) is 9.59 Å². The van der Waals surface area contributed by atoms with Gasteiger partial charge < -0.3 is 10.8 Å². The lowest BCUT2D eigenvalue weighted by atomic mass is 9.99. The van der Waals surface area contributed by atoms with Gasteiger partial charge in [-0.15, -0.1) is 0 Å². The standard InChI is InChI=1S/C24H27N3O3/c1-6-20(24(29)30)23(25)26-17(4)21-12-15(2)14-27(18(21)5)22(28)13-16(3)19-10-8-7-9-11-19/h6-14,17H,5H2,1-4H3,(H2,25,26)(H,29,30)/b16-13+,20-6+. The summed E-state index contributed by atoms with van der Waals surface area (Å²) in [5.74, 6) is -1.44. The number of hydrogen-bond donors (Lipinski definition) is 2. The van der Waals surface area contributed by atoms with E-state index in [0.717, 1.165) is 16.7 Å². The minimum atomic E-state index is -1.14. The molecule has 0 bridgehead atoms. The van der Waals surface area contributed by atoms with Gasteiger partial charge in [-0.05, 0) is 44.4 Å². The van der Waals surface area contributed by atoms with Gasteiger partial charge >= 0.3 is 5.97 Å². The Kier molecular flexibility index (Phi) is 7.31. The van der Waals surface area contributed by atoms with Gasteiger partial charge in [-0.1, -0.05) is 49.1 Å². The molecule has 0 radical (unpaired) electrons. The number of carbonyl (C=O) groups excluding carboxylic acids is 1. The largest absolute Gasteiger partial charge is 0.478 e. The van der Waals surface area contributed by atoms with E-state index in [1.807, 2.05) is 50.3 Å². The van der Waals surface area contributed by atoms with Crippen molar-refractivity contribution in [1.29, 1.82) is 0 Å². The SMILES string of the molecule is C=C1C(C(C)N=C(N)/C(=C\C)C(=O)O)=CC(C)=CN1C(=O)/C=C(\C)c1ccccc1. The molecule has 2 rings (SSSR count). The highest BCUT2D eigenvalue weighted by Gasteiger charge is 2.24. The molecule has 6 heteroatoms. The number of amides is 1. The molecule has 1 atom stereocenters. The second kappa shape index (κ2) is 9.69. The van der Waals surface area contributed by atoms with Gasteiger partial charge in [-0.3, -0.25) is 14.7 Å². The van der Waals surface area contributed by atoms with Gasteiger partial charge in [0.05, 0.1) is 11.6 Å². The van der Waals surface area contributed by atoms with Gasteiger partial charge in [-0.2, -0.15) is 0 Å². The fourth-order valence-electron chi connectivity index (χ4n) is 3.11. The molecule has 3 N–H and O–H groups in total. The zero-order chi connectivity index (χ0) is 22.4. The summed E-state index contributed by atoms with van der Waals surface area (Å²) in [4.78, 5) is 30.0. The summed E-state index contributed by atoms with van der Waals surface area (Å²) in [7, 11) is 0. The predicted octanol–water partition coefficient (Wildman–Crippen LogP) is 4.05. The van der Waals surface area contributed by atoms with Crippen LogP contribution in [0.4, 0.5) is 0 Å². The molecule has 1 unspecified atom stereocenters. The van der Waals surface area contributed by atoms with E-state index in [2.05, 4.69) is 11.6 Å². The first-order chi connectivity index (χ1) is 14.1. The number of nitrogens with zero attached hydrogens (tertiary/aromatic N) is 2. The van der Waals surface area contributed by atoms with Crippen molar-refractivity contribution in [3.63, 3.8) is 0 Å². The van der Waals surface area contributed by atoms with Crippen molar-refractivity contribution in [3.8, 4) is 0 Å². The third-order valence-corrected chi connectivity index (χ3v) is 4.72. The summed E-state index contributed by atoms with van der Waals surface area (Å²) in [6.45, 7) is 11.2. The molecule has 1 aromatic rings. The molecule has 0 aromatic heterocycles. The number of benzene rings is 1. The average molecular weight is 405 g/mol. The molecule has 1 aliphatic rings. The zero-order valence-corrected chi connectivity index (χ0v) is 17.7. The van der Waals surface area contributed by atoms with Crippen molar-refractivity contribution in [3.05, 3.63) is 89.3 Å². The van der Waals surface area contributed by atoms with Crippen LogP contribution in [0.3, 0.4) is 0 Å². The van der Waals surface area contributed by atoms with Gasteiger partial charge in [0.25, 0.3) is 5.91 Å². The highest BCUT2D eigenvalue weighted by molar-refractivity contribution is 6.17. The van der Waals surface area contributed by atoms with Gasteiger partial charge in [0.15, 0.2) is 0 Å². The molecule has 0 spiro atoms. The molecule has 156 valence electrons. The van der Waals surface area contributed by atoms with Crippen molar-refractivity contribution in [2.24, 2.45) is 10.7 Å². The summed E-state index contributed by atoms with van der Waals surface area (Å²) in [6.07, 6.45) is 6.56. The van der Waals surface area contributed by atoms with E-state index in [0.29, 0.717) is 11.3 Å². The van der Waals surface area contributed by atoms with Crippen molar-refractivity contribution in [2.75, 3.05) is 0 Å². The second-order valence-electron chi connectivity index (χ2n) is 7.02. The Morgan fingerprint density at radius 2 is 1.90 bits per heavy atom. The maximum Gasteiger partial charge on any atom is 0.339 e. The predicted molar refractivity (Wildman–Crippen MR) is 120 cm³/mol. The molecule has 0 saturated carbocycles. The van der Waals surface area contributed by atoms with Crippen LogP contribution in [0.15, 0.2) is 88.7 Å². The molecule has 0 aliphatic carbocycles. The topological polar surface area (TPSA) is 96.0 Å². The van der Waals surface area contributed by atoms with Crippen molar-refractivity contribution in [1.82, 2.24) is 4.90 Å². The third kappa shape index (κ3) is 5.23. The van der Waals surface area contributed by atoms with Crippen molar-refractivity contribution < 1.29 is 14.7 Å². The van der Waals surface area contributed by atoms with Crippen LogP contribution >= 0.6 is 0 Å². The number of aliphatic carboxylic acids is 1. The Labute approximate surface area is 177 Å². The highest BCUT2D eigenvalue weighted by atomic mass is 16.4. The number of allylic oxidation sites excluding steroid dienone is 4. The summed E-state index contributed by atoms with van der Waals surface area (Å²) in [6, 6.07) is 9.16. The summed E-state index contributed by atoms with van der Waals surface area (Å²) in [5, 5.41) is 9.22. The summed E-state index contributed by atoms with van der Waals surface area (Å²) >= 11 is 0. The van der Waals surface area contributed by atoms with Crippen LogP contribution in [0.1, 0.15) is 33.3 Å². The molecule has 1 heterocycles. The molecule has 0 fully saturated rings. The number of carboxylic acids is 1. The summed E-state index contributed by atoms with van der Waals surface area (Å²) in [5.41, 5.74) is 9.63. The molecule has 0 saturated heterocycles. The van der Waals surface area contributed by atoms with E-state index in [1.54, 1.807) is 26.1 Å². The monoisotopic (exact) mass is 405 g/mol. The number of nitrogens with two attached hydrogens (primary N) is 1. The van der Waals surface area contributed by atoms with E-state index < -0.39 is 12.0 Å². The van der Waals surface area contributed by atoms with Crippen LogP contribution in [0.5, 0.6) is 0 Å². The fraction of sp³-hybridized carbons (Fsp3) is 0.208. The van der Waals surface area contributed by atoms with Crippen LogP contribution in [0.2, 0.25) is 0 Å². The van der Waals surface area contributed by atoms with Gasteiger partial charge in [0, 0.05) is 23.5 Å². The Morgan fingerprint density at radius 3 is 2.47 bits per heavy atom. The Bertz CT molecular complexity index is 1010. The molecular formula is C24H27N3O3. The third-order valence-electron chi connectivity index (χ3n) is 4.72. The highest BCUT2D eigenvalue weighted by Crippen LogP contribution is 2.28. The van der Waals surface area contributed by atoms with E-state index in [9.17, 15) is 14.7 Å². The number of hydrogen-bond acceptors (Lipinski definition) is 3. The average Bonchev–Trinajstić information content (AvgIpc) is 2.70. The summed E-state index contributed by atoms with van der Waals surface area (Å²) < 4.78 is 0. The lowest BCUT2D eigenvalue weighted by Crippen LogP contribution is -2.30. The van der Waals surface area contributed by atoms with Crippen molar-refractivity contribution in [2.45, 2.75) is 33.7 Å². The second-order valence-corrected chi connectivity index (χ2v) is 7.02. The maximum absolute atomic E-state index is 12.9. The van der Waals surface area contributed by atoms with Gasteiger partial charge in [0.2, 0.25) is 0 Å². The van der Waals surface area contributed by atoms with Crippen LogP contribution in [0.25, 0.3) is 5.57 Å². The lowest BCUT2D eigenvalue weighted by Gasteiger charge is -2.28. The normalized spacial score (nSPS) is 16.7. The first-order valence-electron chi connectivity index (χ1n) is 9.55. The molecule has 30 heavy (non-hydrogen) atoms. The van der Waals surface area contributed by atoms with E-state index >= 15 is 0 Å². The van der Waals surface area contributed by atoms with Crippen LogP contribution < -0.4 is 5.73 Å². The number of carboxylic acid groups (broad SMARTS) is 1. The van der Waals surface area contributed by atoms with E-state index in [1.165, 1.54) is 11.0 Å². The number of carbonyl (C=O) groups is 2.